The first-order valence-corrected chi connectivity index (χ1v) is 7.84. The van der Waals surface area contributed by atoms with Crippen LogP contribution in [0.1, 0.15) is 22.2 Å². The molecule has 2 aromatic rings. The van der Waals surface area contributed by atoms with Crippen molar-refractivity contribution in [2.75, 3.05) is 5.88 Å². The maximum Gasteiger partial charge on any atom is 0.0258 e. The summed E-state index contributed by atoms with van der Waals surface area (Å²) in [5.74, 6) is 1.27. The van der Waals surface area contributed by atoms with Gasteiger partial charge in [0.15, 0.2) is 0 Å². The summed E-state index contributed by atoms with van der Waals surface area (Å²) in [4.78, 5) is 2.94. The minimum atomic E-state index is 0.539. The Morgan fingerprint density at radius 2 is 1.72 bits per heavy atom. The van der Waals surface area contributed by atoms with Crippen LogP contribution in [0.25, 0.3) is 0 Å². The van der Waals surface area contributed by atoms with E-state index in [2.05, 4.69) is 49.4 Å². The molecular weight excluding hydrogens is 260 g/mol. The lowest BCUT2D eigenvalue weighted by Gasteiger charge is -2.12. The molecule has 0 saturated heterocycles. The number of aryl methyl sites for hydroxylation is 1. The molecule has 0 bridgehead atoms. The molecular formula is C16H19ClS. The maximum atomic E-state index is 6.11. The second-order valence-electron chi connectivity index (χ2n) is 4.64. The van der Waals surface area contributed by atoms with E-state index in [9.17, 15) is 0 Å². The van der Waals surface area contributed by atoms with Crippen LogP contribution in [0.3, 0.4) is 0 Å². The molecule has 96 valence electrons. The van der Waals surface area contributed by atoms with Gasteiger partial charge in [0.2, 0.25) is 0 Å². The van der Waals surface area contributed by atoms with Crippen LogP contribution in [0, 0.1) is 5.92 Å². The van der Waals surface area contributed by atoms with Gasteiger partial charge in [-0.05, 0) is 42.9 Å². The van der Waals surface area contributed by atoms with Gasteiger partial charge in [-0.3, -0.25) is 0 Å². The highest BCUT2D eigenvalue weighted by Crippen LogP contribution is 2.22. The minimum Gasteiger partial charge on any atom is -0.145 e. The van der Waals surface area contributed by atoms with Gasteiger partial charge in [-0.25, -0.2) is 0 Å². The molecule has 0 aliphatic rings. The van der Waals surface area contributed by atoms with Crippen molar-refractivity contribution in [3.8, 4) is 0 Å². The number of alkyl halides is 1. The van der Waals surface area contributed by atoms with Gasteiger partial charge in [-0.15, -0.1) is 22.9 Å². The van der Waals surface area contributed by atoms with Gasteiger partial charge < -0.3 is 0 Å². The summed E-state index contributed by atoms with van der Waals surface area (Å²) >= 11 is 8.04. The average molecular weight is 279 g/mol. The molecule has 1 unspecified atom stereocenters. The third-order valence-electron chi connectivity index (χ3n) is 3.14. The van der Waals surface area contributed by atoms with Crippen molar-refractivity contribution >= 4 is 22.9 Å². The lowest BCUT2D eigenvalue weighted by molar-refractivity contribution is 0.589. The zero-order chi connectivity index (χ0) is 12.8. The van der Waals surface area contributed by atoms with E-state index in [1.165, 1.54) is 15.3 Å². The zero-order valence-electron chi connectivity index (χ0n) is 10.7. The van der Waals surface area contributed by atoms with Crippen molar-refractivity contribution in [3.05, 3.63) is 57.8 Å². The summed E-state index contributed by atoms with van der Waals surface area (Å²) in [7, 11) is 0. The highest BCUT2D eigenvalue weighted by atomic mass is 35.5. The van der Waals surface area contributed by atoms with Crippen molar-refractivity contribution < 1.29 is 0 Å². The molecule has 0 N–H and O–H groups in total. The molecule has 0 radical (unpaired) electrons. The summed E-state index contributed by atoms with van der Waals surface area (Å²) in [6.45, 7) is 2.21. The number of thiophene rings is 1. The molecule has 0 spiro atoms. The van der Waals surface area contributed by atoms with Gasteiger partial charge in [-0.1, -0.05) is 37.3 Å². The Bertz CT molecular complexity index is 461. The van der Waals surface area contributed by atoms with Crippen LogP contribution >= 0.6 is 22.9 Å². The monoisotopic (exact) mass is 278 g/mol. The highest BCUT2D eigenvalue weighted by Gasteiger charge is 2.11. The highest BCUT2D eigenvalue weighted by molar-refractivity contribution is 7.11. The SMILES string of the molecule is CCc1ccc(CC(CCl)Cc2ccccc2)s1. The van der Waals surface area contributed by atoms with Gasteiger partial charge in [0.25, 0.3) is 0 Å². The number of hydrogen-bond donors (Lipinski definition) is 0. The van der Waals surface area contributed by atoms with Crippen LogP contribution in [0.15, 0.2) is 42.5 Å². The van der Waals surface area contributed by atoms with E-state index in [0.29, 0.717) is 5.92 Å². The Balaban J connectivity index is 1.97. The third kappa shape index (κ3) is 3.86. The Labute approximate surface area is 119 Å². The topological polar surface area (TPSA) is 0 Å². The minimum absolute atomic E-state index is 0.539. The normalized spacial score (nSPS) is 12.6. The van der Waals surface area contributed by atoms with Gasteiger partial charge in [0.05, 0.1) is 0 Å². The summed E-state index contributed by atoms with van der Waals surface area (Å²) < 4.78 is 0. The fourth-order valence-electron chi connectivity index (χ4n) is 2.14. The Kier molecular flexibility index (Phi) is 5.27. The summed E-state index contributed by atoms with van der Waals surface area (Å²) in [5.41, 5.74) is 1.38. The molecule has 0 aliphatic carbocycles. The van der Waals surface area contributed by atoms with Crippen molar-refractivity contribution in [3.63, 3.8) is 0 Å². The fraction of sp³-hybridized carbons (Fsp3) is 0.375. The summed E-state index contributed by atoms with van der Waals surface area (Å²) in [5, 5.41) is 0. The third-order valence-corrected chi connectivity index (χ3v) is 4.83. The van der Waals surface area contributed by atoms with Crippen LogP contribution in [0.5, 0.6) is 0 Å². The van der Waals surface area contributed by atoms with E-state index in [0.717, 1.165) is 25.1 Å². The van der Waals surface area contributed by atoms with Crippen LogP contribution in [0.4, 0.5) is 0 Å². The molecule has 0 aliphatic heterocycles. The smallest absolute Gasteiger partial charge is 0.0258 e. The quantitative estimate of drug-likeness (QED) is 0.656. The molecule has 0 nitrogen and oxygen atoms in total. The van der Waals surface area contributed by atoms with Crippen LogP contribution in [0.2, 0.25) is 0 Å². The second kappa shape index (κ2) is 6.96. The van der Waals surface area contributed by atoms with Crippen molar-refractivity contribution in [1.29, 1.82) is 0 Å². The van der Waals surface area contributed by atoms with Crippen LogP contribution < -0.4 is 0 Å². The molecule has 0 amide bonds. The summed E-state index contributed by atoms with van der Waals surface area (Å²) in [6.07, 6.45) is 3.31. The van der Waals surface area contributed by atoms with E-state index in [4.69, 9.17) is 11.6 Å². The first-order chi connectivity index (χ1) is 8.81. The lowest BCUT2D eigenvalue weighted by atomic mass is 9.97. The average Bonchev–Trinajstić information content (AvgIpc) is 2.87. The van der Waals surface area contributed by atoms with E-state index in [1.807, 2.05) is 11.3 Å². The molecule has 2 heteroatoms. The fourth-order valence-corrected chi connectivity index (χ4v) is 3.43. The van der Waals surface area contributed by atoms with Crippen molar-refractivity contribution in [1.82, 2.24) is 0 Å². The number of rotatable bonds is 6. The van der Waals surface area contributed by atoms with Gasteiger partial charge >= 0.3 is 0 Å². The number of benzene rings is 1. The molecule has 1 atom stereocenters. The maximum absolute atomic E-state index is 6.11. The van der Waals surface area contributed by atoms with E-state index in [1.54, 1.807) is 0 Å². The van der Waals surface area contributed by atoms with E-state index in [-0.39, 0.29) is 0 Å². The standard InChI is InChI=1S/C16H19ClS/c1-2-15-8-9-16(18-15)11-14(12-17)10-13-6-4-3-5-7-13/h3-9,14H,2,10-12H2,1H3. The Morgan fingerprint density at radius 1 is 1.00 bits per heavy atom. The van der Waals surface area contributed by atoms with Crippen molar-refractivity contribution in [2.24, 2.45) is 5.92 Å². The van der Waals surface area contributed by atoms with Crippen molar-refractivity contribution in [2.45, 2.75) is 26.2 Å². The molecule has 0 fully saturated rings. The largest absolute Gasteiger partial charge is 0.145 e. The lowest BCUT2D eigenvalue weighted by Crippen LogP contribution is -2.09. The first kappa shape index (κ1) is 13.6. The zero-order valence-corrected chi connectivity index (χ0v) is 12.3. The predicted octanol–water partition coefficient (Wildman–Crippen LogP) is 4.95. The van der Waals surface area contributed by atoms with Crippen LogP contribution in [-0.4, -0.2) is 5.88 Å². The van der Waals surface area contributed by atoms with E-state index >= 15 is 0 Å². The van der Waals surface area contributed by atoms with Gasteiger partial charge in [0.1, 0.15) is 0 Å². The molecule has 2 rings (SSSR count). The van der Waals surface area contributed by atoms with Crippen LogP contribution in [-0.2, 0) is 19.3 Å². The van der Waals surface area contributed by atoms with E-state index < -0.39 is 0 Å². The molecule has 1 heterocycles. The molecule has 1 aromatic heterocycles. The number of hydrogen-bond acceptors (Lipinski definition) is 1. The molecule has 1 aromatic carbocycles. The predicted molar refractivity (Wildman–Crippen MR) is 81.8 cm³/mol. The Hall–Kier alpha value is -0.790. The Morgan fingerprint density at radius 3 is 2.33 bits per heavy atom. The van der Waals surface area contributed by atoms with Gasteiger partial charge in [0, 0.05) is 15.6 Å². The molecule has 0 saturated carbocycles. The van der Waals surface area contributed by atoms with Gasteiger partial charge in [-0.2, -0.15) is 0 Å². The summed E-state index contributed by atoms with van der Waals surface area (Å²) in [6, 6.07) is 15.1. The second-order valence-corrected chi connectivity index (χ2v) is 6.20. The molecule has 18 heavy (non-hydrogen) atoms. The number of halogens is 1. The first-order valence-electron chi connectivity index (χ1n) is 6.49.